The number of amides is 1. The standard InChI is InChI=1S/C21H23N3OS/c1-2-6-18-11-10-17(15-22)21(23-18)26-14-12-20(25)24-13-5-8-16-7-3-4-9-19(16)24/h3-4,7,9-11H,2,5-6,8,12-14H2,1H3. The van der Waals surface area contributed by atoms with Gasteiger partial charge in [0.25, 0.3) is 0 Å². The summed E-state index contributed by atoms with van der Waals surface area (Å²) in [6.45, 7) is 2.90. The topological polar surface area (TPSA) is 57.0 Å². The Hall–Kier alpha value is -2.32. The maximum atomic E-state index is 12.7. The number of carbonyl (C=O) groups excluding carboxylic acids is 1. The number of hydrogen-bond acceptors (Lipinski definition) is 4. The summed E-state index contributed by atoms with van der Waals surface area (Å²) in [5.74, 6) is 0.780. The number of aryl methyl sites for hydroxylation is 2. The maximum absolute atomic E-state index is 12.7. The number of benzene rings is 1. The first kappa shape index (κ1) is 18.5. The zero-order valence-corrected chi connectivity index (χ0v) is 15.9. The summed E-state index contributed by atoms with van der Waals surface area (Å²) in [6.07, 6.45) is 4.42. The van der Waals surface area contributed by atoms with E-state index >= 15 is 0 Å². The zero-order chi connectivity index (χ0) is 18.4. The van der Waals surface area contributed by atoms with Crippen LogP contribution in [0.25, 0.3) is 0 Å². The molecular weight excluding hydrogens is 342 g/mol. The highest BCUT2D eigenvalue weighted by molar-refractivity contribution is 7.99. The van der Waals surface area contributed by atoms with E-state index in [4.69, 9.17) is 0 Å². The molecule has 1 aliphatic rings. The SMILES string of the molecule is CCCc1ccc(C#N)c(SCCC(=O)N2CCCc3ccccc32)n1. The van der Waals surface area contributed by atoms with Gasteiger partial charge in [0.2, 0.25) is 5.91 Å². The Morgan fingerprint density at radius 1 is 1.31 bits per heavy atom. The van der Waals surface area contributed by atoms with E-state index in [-0.39, 0.29) is 5.91 Å². The van der Waals surface area contributed by atoms with Gasteiger partial charge in [-0.3, -0.25) is 4.79 Å². The molecule has 1 aromatic carbocycles. The fraction of sp³-hybridized carbons (Fsp3) is 0.381. The summed E-state index contributed by atoms with van der Waals surface area (Å²) in [5, 5.41) is 10.0. The Bertz CT molecular complexity index is 828. The van der Waals surface area contributed by atoms with Crippen LogP contribution in [0.3, 0.4) is 0 Å². The Morgan fingerprint density at radius 3 is 2.96 bits per heavy atom. The van der Waals surface area contributed by atoms with Crippen molar-refractivity contribution in [1.82, 2.24) is 4.98 Å². The minimum Gasteiger partial charge on any atom is -0.312 e. The average Bonchev–Trinajstić information content (AvgIpc) is 2.68. The van der Waals surface area contributed by atoms with E-state index in [1.807, 2.05) is 35.2 Å². The van der Waals surface area contributed by atoms with Gasteiger partial charge in [0, 0.05) is 30.1 Å². The van der Waals surface area contributed by atoms with E-state index in [1.165, 1.54) is 17.3 Å². The lowest BCUT2D eigenvalue weighted by atomic mass is 10.0. The van der Waals surface area contributed by atoms with Crippen LogP contribution in [-0.2, 0) is 17.6 Å². The number of nitriles is 1. The van der Waals surface area contributed by atoms with Crippen molar-refractivity contribution in [2.24, 2.45) is 0 Å². The van der Waals surface area contributed by atoms with Crippen molar-refractivity contribution in [3.63, 3.8) is 0 Å². The number of carbonyl (C=O) groups is 1. The normalized spacial score (nSPS) is 13.2. The van der Waals surface area contributed by atoms with Gasteiger partial charge in [-0.25, -0.2) is 4.98 Å². The molecule has 0 spiro atoms. The van der Waals surface area contributed by atoms with Crippen LogP contribution in [-0.4, -0.2) is 23.2 Å². The molecule has 0 saturated carbocycles. The number of pyridine rings is 1. The van der Waals surface area contributed by atoms with Crippen molar-refractivity contribution in [2.45, 2.75) is 44.1 Å². The van der Waals surface area contributed by atoms with Crippen molar-refractivity contribution in [3.05, 3.63) is 53.2 Å². The molecule has 0 radical (unpaired) electrons. The van der Waals surface area contributed by atoms with Crippen molar-refractivity contribution >= 4 is 23.4 Å². The van der Waals surface area contributed by atoms with E-state index in [9.17, 15) is 10.1 Å². The maximum Gasteiger partial charge on any atom is 0.227 e. The van der Waals surface area contributed by atoms with Gasteiger partial charge in [0.1, 0.15) is 11.1 Å². The predicted octanol–water partition coefficient (Wildman–Crippen LogP) is 4.37. The van der Waals surface area contributed by atoms with E-state index in [2.05, 4.69) is 24.0 Å². The van der Waals surface area contributed by atoms with Gasteiger partial charge in [0.15, 0.2) is 0 Å². The minimum atomic E-state index is 0.146. The van der Waals surface area contributed by atoms with Gasteiger partial charge in [-0.2, -0.15) is 5.26 Å². The lowest BCUT2D eigenvalue weighted by molar-refractivity contribution is -0.118. The van der Waals surface area contributed by atoms with Crippen LogP contribution >= 0.6 is 11.8 Å². The van der Waals surface area contributed by atoms with E-state index in [1.54, 1.807) is 0 Å². The molecule has 1 aromatic heterocycles. The molecule has 0 unspecified atom stereocenters. The molecule has 3 rings (SSSR count). The number of fused-ring (bicyclic) bond motifs is 1. The molecule has 0 bridgehead atoms. The minimum absolute atomic E-state index is 0.146. The number of rotatable bonds is 6. The van der Waals surface area contributed by atoms with Crippen LogP contribution in [0.15, 0.2) is 41.4 Å². The number of thioether (sulfide) groups is 1. The third-order valence-corrected chi connectivity index (χ3v) is 5.50. The first-order valence-corrected chi connectivity index (χ1v) is 10.1. The van der Waals surface area contributed by atoms with Crippen molar-refractivity contribution < 1.29 is 4.79 Å². The number of anilines is 1. The highest BCUT2D eigenvalue weighted by Crippen LogP contribution is 2.28. The molecule has 1 aliphatic heterocycles. The Labute approximate surface area is 159 Å². The molecule has 4 nitrogen and oxygen atoms in total. The second-order valence-corrected chi connectivity index (χ2v) is 7.48. The second-order valence-electron chi connectivity index (χ2n) is 6.39. The van der Waals surface area contributed by atoms with Crippen molar-refractivity contribution in [3.8, 4) is 6.07 Å². The van der Waals surface area contributed by atoms with E-state index < -0.39 is 0 Å². The summed E-state index contributed by atoms with van der Waals surface area (Å²) >= 11 is 1.50. The van der Waals surface area contributed by atoms with Gasteiger partial charge < -0.3 is 4.90 Å². The largest absolute Gasteiger partial charge is 0.312 e. The van der Waals surface area contributed by atoms with Crippen LogP contribution in [0, 0.1) is 11.3 Å². The number of para-hydroxylation sites is 1. The number of nitrogens with zero attached hydrogens (tertiary/aromatic N) is 3. The van der Waals surface area contributed by atoms with Gasteiger partial charge in [-0.05, 0) is 43.0 Å². The van der Waals surface area contributed by atoms with E-state index in [0.717, 1.165) is 48.6 Å². The second kappa shape index (κ2) is 8.86. The molecule has 0 aliphatic carbocycles. The molecule has 2 heterocycles. The molecule has 2 aromatic rings. The average molecular weight is 366 g/mol. The third-order valence-electron chi connectivity index (χ3n) is 4.51. The fourth-order valence-corrected chi connectivity index (χ4v) is 4.15. The van der Waals surface area contributed by atoms with Gasteiger partial charge in [-0.15, -0.1) is 11.8 Å². The highest BCUT2D eigenvalue weighted by atomic mass is 32.2. The molecule has 0 fully saturated rings. The van der Waals surface area contributed by atoms with Crippen LogP contribution in [0.5, 0.6) is 0 Å². The summed E-state index contributed by atoms with van der Waals surface area (Å²) in [6, 6.07) is 14.1. The summed E-state index contributed by atoms with van der Waals surface area (Å²) in [4.78, 5) is 19.2. The van der Waals surface area contributed by atoms with Crippen LogP contribution < -0.4 is 4.90 Å². The molecular formula is C21H23N3OS. The van der Waals surface area contributed by atoms with Crippen LogP contribution in [0.2, 0.25) is 0 Å². The summed E-state index contributed by atoms with van der Waals surface area (Å²) in [7, 11) is 0. The fourth-order valence-electron chi connectivity index (χ4n) is 3.23. The number of hydrogen-bond donors (Lipinski definition) is 0. The van der Waals surface area contributed by atoms with Crippen molar-refractivity contribution in [1.29, 1.82) is 5.26 Å². The van der Waals surface area contributed by atoms with E-state index in [0.29, 0.717) is 17.7 Å². The monoisotopic (exact) mass is 365 g/mol. The van der Waals surface area contributed by atoms with Gasteiger partial charge >= 0.3 is 0 Å². The Morgan fingerprint density at radius 2 is 2.15 bits per heavy atom. The molecule has 0 atom stereocenters. The quantitative estimate of drug-likeness (QED) is 0.714. The number of aromatic nitrogens is 1. The summed E-state index contributed by atoms with van der Waals surface area (Å²) in [5.41, 5.74) is 3.89. The lowest BCUT2D eigenvalue weighted by Crippen LogP contribution is -2.35. The molecule has 134 valence electrons. The van der Waals surface area contributed by atoms with Gasteiger partial charge in [-0.1, -0.05) is 31.5 Å². The molecule has 5 heteroatoms. The Kier molecular flexibility index (Phi) is 6.30. The molecule has 1 amide bonds. The zero-order valence-electron chi connectivity index (χ0n) is 15.1. The predicted molar refractivity (Wildman–Crippen MR) is 105 cm³/mol. The molecule has 26 heavy (non-hydrogen) atoms. The van der Waals surface area contributed by atoms with Crippen LogP contribution in [0.4, 0.5) is 5.69 Å². The third kappa shape index (κ3) is 4.25. The van der Waals surface area contributed by atoms with Crippen LogP contribution in [0.1, 0.15) is 43.0 Å². The Balaban J connectivity index is 1.63. The van der Waals surface area contributed by atoms with Crippen molar-refractivity contribution in [2.75, 3.05) is 17.2 Å². The first-order valence-electron chi connectivity index (χ1n) is 9.14. The molecule has 0 saturated heterocycles. The first-order chi connectivity index (χ1) is 12.7. The highest BCUT2D eigenvalue weighted by Gasteiger charge is 2.21. The summed E-state index contributed by atoms with van der Waals surface area (Å²) < 4.78 is 0. The lowest BCUT2D eigenvalue weighted by Gasteiger charge is -2.29. The van der Waals surface area contributed by atoms with Gasteiger partial charge in [0.05, 0.1) is 5.56 Å². The molecule has 0 N–H and O–H groups in total. The smallest absolute Gasteiger partial charge is 0.227 e.